The Morgan fingerprint density at radius 2 is 1.87 bits per heavy atom. The summed E-state index contributed by atoms with van der Waals surface area (Å²) in [6.07, 6.45) is 6.16. The SMILES string of the molecule is CC(=O)N1CCC[C@@H]1[C@@H]1CCCN1c1ncnc2ccccc12. The van der Waals surface area contributed by atoms with Gasteiger partial charge in [0.2, 0.25) is 5.91 Å². The second-order valence-corrected chi connectivity index (χ2v) is 6.54. The molecule has 2 fully saturated rings. The third-order valence-corrected chi connectivity index (χ3v) is 5.24. The summed E-state index contributed by atoms with van der Waals surface area (Å²) >= 11 is 0. The Hall–Kier alpha value is -2.17. The van der Waals surface area contributed by atoms with Crippen molar-refractivity contribution >= 4 is 22.6 Å². The van der Waals surface area contributed by atoms with Gasteiger partial charge >= 0.3 is 0 Å². The molecular formula is C18H22N4O. The van der Waals surface area contributed by atoms with E-state index in [1.165, 1.54) is 0 Å². The molecule has 0 N–H and O–H groups in total. The maximum absolute atomic E-state index is 12.0. The van der Waals surface area contributed by atoms with Gasteiger partial charge in [0.05, 0.1) is 17.6 Å². The first-order chi connectivity index (χ1) is 11.3. The summed E-state index contributed by atoms with van der Waals surface area (Å²) in [5.74, 6) is 1.22. The zero-order valence-corrected chi connectivity index (χ0v) is 13.5. The average molecular weight is 310 g/mol. The highest BCUT2D eigenvalue weighted by atomic mass is 16.2. The van der Waals surface area contributed by atoms with Gasteiger partial charge in [0.25, 0.3) is 0 Å². The molecule has 2 aromatic rings. The molecule has 2 saturated heterocycles. The van der Waals surface area contributed by atoms with Gasteiger partial charge in [-0.25, -0.2) is 9.97 Å². The van der Waals surface area contributed by atoms with Crippen molar-refractivity contribution in [2.75, 3.05) is 18.0 Å². The normalized spacial score (nSPS) is 24.6. The van der Waals surface area contributed by atoms with Gasteiger partial charge in [0.15, 0.2) is 0 Å². The standard InChI is InChI=1S/C18H22N4O/c1-13(23)21-10-4-8-16(21)17-9-5-11-22(17)18-14-6-2-3-7-15(14)19-12-20-18/h2-3,6-7,12,16-17H,4-5,8-11H2,1H3/t16-,17+/m1/s1. The van der Waals surface area contributed by atoms with E-state index >= 15 is 0 Å². The molecule has 5 nitrogen and oxygen atoms in total. The Bertz CT molecular complexity index is 727. The Kier molecular flexibility index (Phi) is 3.63. The number of fused-ring (bicyclic) bond motifs is 1. The molecule has 2 aliphatic rings. The van der Waals surface area contributed by atoms with Crippen LogP contribution in [0.25, 0.3) is 10.9 Å². The lowest BCUT2D eigenvalue weighted by molar-refractivity contribution is -0.129. The highest BCUT2D eigenvalue weighted by molar-refractivity contribution is 5.89. The van der Waals surface area contributed by atoms with Crippen molar-refractivity contribution in [2.24, 2.45) is 0 Å². The van der Waals surface area contributed by atoms with Crippen LogP contribution < -0.4 is 4.90 Å². The summed E-state index contributed by atoms with van der Waals surface area (Å²) in [6.45, 7) is 3.60. The van der Waals surface area contributed by atoms with Crippen molar-refractivity contribution in [3.05, 3.63) is 30.6 Å². The summed E-state index contributed by atoms with van der Waals surface area (Å²) in [4.78, 5) is 25.4. The zero-order valence-electron chi connectivity index (χ0n) is 13.5. The number of carbonyl (C=O) groups excluding carboxylic acids is 1. The van der Waals surface area contributed by atoms with Crippen molar-refractivity contribution in [3.8, 4) is 0 Å². The molecule has 0 spiro atoms. The van der Waals surface area contributed by atoms with Crippen molar-refractivity contribution in [1.82, 2.24) is 14.9 Å². The van der Waals surface area contributed by atoms with E-state index in [4.69, 9.17) is 0 Å². The minimum absolute atomic E-state index is 0.201. The molecule has 3 heterocycles. The Morgan fingerprint density at radius 3 is 2.74 bits per heavy atom. The first kappa shape index (κ1) is 14.4. The van der Waals surface area contributed by atoms with Crippen LogP contribution in [0.3, 0.4) is 0 Å². The number of nitrogens with zero attached hydrogens (tertiary/aromatic N) is 4. The van der Waals surface area contributed by atoms with Crippen LogP contribution in [0.15, 0.2) is 30.6 Å². The number of hydrogen-bond acceptors (Lipinski definition) is 4. The van der Waals surface area contributed by atoms with Crippen LogP contribution in [0, 0.1) is 0 Å². The lowest BCUT2D eigenvalue weighted by atomic mass is 10.0. The van der Waals surface area contributed by atoms with E-state index in [0.717, 1.165) is 55.5 Å². The van der Waals surface area contributed by atoms with E-state index < -0.39 is 0 Å². The van der Waals surface area contributed by atoms with Crippen molar-refractivity contribution in [3.63, 3.8) is 0 Å². The van der Waals surface area contributed by atoms with Crippen LogP contribution in [0.1, 0.15) is 32.6 Å². The quantitative estimate of drug-likeness (QED) is 0.855. The minimum Gasteiger partial charge on any atom is -0.351 e. The second-order valence-electron chi connectivity index (χ2n) is 6.54. The summed E-state index contributed by atoms with van der Waals surface area (Å²) in [6, 6.07) is 8.87. The Morgan fingerprint density at radius 1 is 1.09 bits per heavy atom. The van der Waals surface area contributed by atoms with Crippen LogP contribution >= 0.6 is 0 Å². The molecule has 0 aliphatic carbocycles. The van der Waals surface area contributed by atoms with Crippen LogP contribution in [-0.2, 0) is 4.79 Å². The summed E-state index contributed by atoms with van der Waals surface area (Å²) in [5.41, 5.74) is 0.984. The van der Waals surface area contributed by atoms with E-state index in [2.05, 4.69) is 25.8 Å². The fourth-order valence-electron chi connectivity index (χ4n) is 4.26. The molecule has 1 amide bonds. The number of carbonyl (C=O) groups is 1. The van der Waals surface area contributed by atoms with E-state index in [1.54, 1.807) is 13.3 Å². The number of aromatic nitrogens is 2. The molecule has 5 heteroatoms. The number of likely N-dealkylation sites (tertiary alicyclic amines) is 1. The van der Waals surface area contributed by atoms with Crippen LogP contribution in [-0.4, -0.2) is 45.9 Å². The Balaban J connectivity index is 1.71. The lowest BCUT2D eigenvalue weighted by Crippen LogP contribution is -2.48. The molecule has 0 unspecified atom stereocenters. The topological polar surface area (TPSA) is 49.3 Å². The molecule has 2 atom stereocenters. The lowest BCUT2D eigenvalue weighted by Gasteiger charge is -2.35. The van der Waals surface area contributed by atoms with Gasteiger partial charge in [0, 0.05) is 25.4 Å². The molecule has 2 aliphatic heterocycles. The van der Waals surface area contributed by atoms with Crippen molar-refractivity contribution in [2.45, 2.75) is 44.7 Å². The number of benzene rings is 1. The van der Waals surface area contributed by atoms with Gasteiger partial charge in [-0.2, -0.15) is 0 Å². The largest absolute Gasteiger partial charge is 0.351 e. The van der Waals surface area contributed by atoms with Gasteiger partial charge < -0.3 is 9.80 Å². The molecule has 4 rings (SSSR count). The van der Waals surface area contributed by atoms with E-state index in [0.29, 0.717) is 12.1 Å². The smallest absolute Gasteiger partial charge is 0.219 e. The fraction of sp³-hybridized carbons (Fsp3) is 0.500. The van der Waals surface area contributed by atoms with Gasteiger partial charge in [-0.1, -0.05) is 12.1 Å². The number of para-hydroxylation sites is 1. The predicted molar refractivity (Wildman–Crippen MR) is 90.3 cm³/mol. The van der Waals surface area contributed by atoms with Crippen LogP contribution in [0.2, 0.25) is 0 Å². The molecule has 120 valence electrons. The molecule has 23 heavy (non-hydrogen) atoms. The van der Waals surface area contributed by atoms with E-state index in [-0.39, 0.29) is 5.91 Å². The van der Waals surface area contributed by atoms with Crippen molar-refractivity contribution < 1.29 is 4.79 Å². The third-order valence-electron chi connectivity index (χ3n) is 5.24. The van der Waals surface area contributed by atoms with Crippen LogP contribution in [0.4, 0.5) is 5.82 Å². The highest BCUT2D eigenvalue weighted by Gasteiger charge is 2.39. The Labute approximate surface area is 136 Å². The highest BCUT2D eigenvalue weighted by Crippen LogP contribution is 2.35. The number of anilines is 1. The summed E-state index contributed by atoms with van der Waals surface area (Å²) < 4.78 is 0. The monoisotopic (exact) mass is 310 g/mol. The van der Waals surface area contributed by atoms with E-state index in [1.807, 2.05) is 18.2 Å². The summed E-state index contributed by atoms with van der Waals surface area (Å²) in [7, 11) is 0. The molecule has 0 radical (unpaired) electrons. The molecule has 0 bridgehead atoms. The fourth-order valence-corrected chi connectivity index (χ4v) is 4.26. The number of rotatable bonds is 2. The van der Waals surface area contributed by atoms with Gasteiger partial charge in [0.1, 0.15) is 12.1 Å². The first-order valence-corrected chi connectivity index (χ1v) is 8.49. The van der Waals surface area contributed by atoms with Gasteiger partial charge in [-0.3, -0.25) is 4.79 Å². The van der Waals surface area contributed by atoms with Crippen molar-refractivity contribution in [1.29, 1.82) is 0 Å². The number of amides is 1. The second kappa shape index (κ2) is 5.80. The molecule has 1 aromatic heterocycles. The van der Waals surface area contributed by atoms with Gasteiger partial charge in [-0.05, 0) is 37.8 Å². The molecule has 1 aromatic carbocycles. The zero-order chi connectivity index (χ0) is 15.8. The predicted octanol–water partition coefficient (Wildman–Crippen LogP) is 2.61. The number of hydrogen-bond donors (Lipinski definition) is 0. The minimum atomic E-state index is 0.201. The van der Waals surface area contributed by atoms with Crippen LogP contribution in [0.5, 0.6) is 0 Å². The maximum Gasteiger partial charge on any atom is 0.219 e. The van der Waals surface area contributed by atoms with E-state index in [9.17, 15) is 4.79 Å². The third kappa shape index (κ3) is 2.44. The molecular weight excluding hydrogens is 288 g/mol. The molecule has 0 saturated carbocycles. The average Bonchev–Trinajstić information content (AvgIpc) is 3.22. The van der Waals surface area contributed by atoms with Gasteiger partial charge in [-0.15, -0.1) is 0 Å². The first-order valence-electron chi connectivity index (χ1n) is 8.49. The summed E-state index contributed by atoms with van der Waals surface area (Å²) in [5, 5.41) is 1.11. The maximum atomic E-state index is 12.0.